The minimum atomic E-state index is -0.459. The molecule has 2 atom stereocenters. The first kappa shape index (κ1) is 14.9. The number of fused-ring (bicyclic) bond motifs is 1. The lowest BCUT2D eigenvalue weighted by atomic mass is 10.1. The molecule has 2 unspecified atom stereocenters. The molecule has 4 nitrogen and oxygen atoms in total. The van der Waals surface area contributed by atoms with Gasteiger partial charge < -0.3 is 15.4 Å². The van der Waals surface area contributed by atoms with Crippen LogP contribution in [-0.4, -0.2) is 25.1 Å². The number of likely N-dealkylation sites (N-methyl/N-ethyl adjacent to an activating group) is 1. The van der Waals surface area contributed by atoms with E-state index < -0.39 is 6.10 Å². The predicted molar refractivity (Wildman–Crippen MR) is 80.0 cm³/mol. The van der Waals surface area contributed by atoms with Crippen LogP contribution in [-0.2, 0) is 11.2 Å². The molecule has 1 aromatic rings. The Balaban J connectivity index is 2.12. The summed E-state index contributed by atoms with van der Waals surface area (Å²) in [6, 6.07) is 6.54. The van der Waals surface area contributed by atoms with Gasteiger partial charge in [-0.2, -0.15) is 0 Å². The van der Waals surface area contributed by atoms with Gasteiger partial charge in [0, 0.05) is 12.6 Å². The van der Waals surface area contributed by atoms with E-state index in [0.717, 1.165) is 25.1 Å². The first-order valence-electron chi connectivity index (χ1n) is 7.46. The number of ether oxygens (including phenoxy) is 1. The summed E-state index contributed by atoms with van der Waals surface area (Å²) < 4.78 is 5.86. The maximum atomic E-state index is 11.8. The predicted octanol–water partition coefficient (Wildman–Crippen LogP) is 2.19. The maximum Gasteiger partial charge on any atom is 0.260 e. The molecule has 0 heterocycles. The molecule has 2 N–H and O–H groups in total. The van der Waals surface area contributed by atoms with Crippen molar-refractivity contribution in [2.75, 3.05) is 13.1 Å². The van der Waals surface area contributed by atoms with E-state index in [9.17, 15) is 4.79 Å². The van der Waals surface area contributed by atoms with E-state index in [1.807, 2.05) is 19.1 Å². The van der Waals surface area contributed by atoms with Gasteiger partial charge in [0.2, 0.25) is 0 Å². The SMILES string of the molecule is CCNC(=O)C(C)Oc1cccc2c1CCC2NCC. The van der Waals surface area contributed by atoms with Crippen molar-refractivity contribution in [1.29, 1.82) is 0 Å². The highest BCUT2D eigenvalue weighted by Crippen LogP contribution is 2.37. The van der Waals surface area contributed by atoms with E-state index in [2.05, 4.69) is 23.6 Å². The molecule has 0 radical (unpaired) electrons. The van der Waals surface area contributed by atoms with Crippen molar-refractivity contribution in [2.45, 2.75) is 45.8 Å². The Bertz CT molecular complexity index is 474. The van der Waals surface area contributed by atoms with E-state index >= 15 is 0 Å². The van der Waals surface area contributed by atoms with Crippen LogP contribution >= 0.6 is 0 Å². The monoisotopic (exact) mass is 276 g/mol. The maximum absolute atomic E-state index is 11.8. The third-order valence-corrected chi connectivity index (χ3v) is 3.70. The Morgan fingerprint density at radius 2 is 2.20 bits per heavy atom. The second-order valence-electron chi connectivity index (χ2n) is 5.13. The Morgan fingerprint density at radius 1 is 1.40 bits per heavy atom. The quantitative estimate of drug-likeness (QED) is 0.837. The number of hydrogen-bond acceptors (Lipinski definition) is 3. The van der Waals surface area contributed by atoms with Crippen LogP contribution in [0.2, 0.25) is 0 Å². The molecule has 0 aromatic heterocycles. The van der Waals surface area contributed by atoms with Gasteiger partial charge in [0.05, 0.1) is 0 Å². The third kappa shape index (κ3) is 3.12. The molecule has 0 aliphatic heterocycles. The summed E-state index contributed by atoms with van der Waals surface area (Å²) in [4.78, 5) is 11.8. The fourth-order valence-electron chi connectivity index (χ4n) is 2.75. The van der Waals surface area contributed by atoms with E-state index in [-0.39, 0.29) is 5.91 Å². The summed E-state index contributed by atoms with van der Waals surface area (Å²) in [5, 5.41) is 6.28. The Morgan fingerprint density at radius 3 is 2.90 bits per heavy atom. The fourth-order valence-corrected chi connectivity index (χ4v) is 2.75. The van der Waals surface area contributed by atoms with Crippen molar-refractivity contribution < 1.29 is 9.53 Å². The van der Waals surface area contributed by atoms with Crippen LogP contribution in [0.3, 0.4) is 0 Å². The molecular formula is C16H24N2O2. The van der Waals surface area contributed by atoms with Crippen LogP contribution in [0.25, 0.3) is 0 Å². The molecule has 4 heteroatoms. The third-order valence-electron chi connectivity index (χ3n) is 3.70. The molecular weight excluding hydrogens is 252 g/mol. The Kier molecular flexibility index (Phi) is 5.01. The van der Waals surface area contributed by atoms with Crippen LogP contribution in [0.1, 0.15) is 44.4 Å². The first-order valence-corrected chi connectivity index (χ1v) is 7.46. The minimum absolute atomic E-state index is 0.0636. The van der Waals surface area contributed by atoms with Crippen molar-refractivity contribution in [3.8, 4) is 5.75 Å². The van der Waals surface area contributed by atoms with Crippen molar-refractivity contribution >= 4 is 5.91 Å². The van der Waals surface area contributed by atoms with E-state index in [0.29, 0.717) is 12.6 Å². The summed E-state index contributed by atoms with van der Waals surface area (Å²) in [6.45, 7) is 7.41. The molecule has 1 aliphatic carbocycles. The lowest BCUT2D eigenvalue weighted by Crippen LogP contribution is -2.36. The molecule has 0 bridgehead atoms. The van der Waals surface area contributed by atoms with Gasteiger partial charge in [-0.15, -0.1) is 0 Å². The number of carbonyl (C=O) groups is 1. The average molecular weight is 276 g/mol. The zero-order valence-electron chi connectivity index (χ0n) is 12.5. The number of hydrogen-bond donors (Lipinski definition) is 2. The second kappa shape index (κ2) is 6.75. The van der Waals surface area contributed by atoms with Crippen LogP contribution in [0.5, 0.6) is 5.75 Å². The largest absolute Gasteiger partial charge is 0.481 e. The molecule has 1 aromatic carbocycles. The van der Waals surface area contributed by atoms with Crippen LogP contribution in [0.4, 0.5) is 0 Å². The number of nitrogens with one attached hydrogen (secondary N) is 2. The van der Waals surface area contributed by atoms with Crippen molar-refractivity contribution in [3.63, 3.8) is 0 Å². The zero-order valence-corrected chi connectivity index (χ0v) is 12.5. The smallest absolute Gasteiger partial charge is 0.260 e. The molecule has 0 fully saturated rings. The van der Waals surface area contributed by atoms with Gasteiger partial charge in [0.1, 0.15) is 5.75 Å². The summed E-state index contributed by atoms with van der Waals surface area (Å²) in [5.74, 6) is 0.785. The van der Waals surface area contributed by atoms with Gasteiger partial charge >= 0.3 is 0 Å². The molecule has 2 rings (SSSR count). The fraction of sp³-hybridized carbons (Fsp3) is 0.562. The first-order chi connectivity index (χ1) is 9.67. The van der Waals surface area contributed by atoms with Gasteiger partial charge in [0.15, 0.2) is 6.10 Å². The lowest BCUT2D eigenvalue weighted by molar-refractivity contribution is -0.127. The highest BCUT2D eigenvalue weighted by Gasteiger charge is 2.25. The van der Waals surface area contributed by atoms with Gasteiger partial charge in [-0.3, -0.25) is 4.79 Å². The standard InChI is InChI=1S/C16H24N2O2/c1-4-17-14-10-9-13-12(14)7-6-8-15(13)20-11(3)16(19)18-5-2/h6-8,11,14,17H,4-5,9-10H2,1-3H3,(H,18,19). The molecule has 1 amide bonds. The van der Waals surface area contributed by atoms with E-state index in [1.165, 1.54) is 11.1 Å². The topological polar surface area (TPSA) is 50.4 Å². The van der Waals surface area contributed by atoms with Crippen LogP contribution in [0, 0.1) is 0 Å². The number of rotatable bonds is 6. The number of benzene rings is 1. The summed E-state index contributed by atoms with van der Waals surface area (Å²) in [7, 11) is 0. The lowest BCUT2D eigenvalue weighted by Gasteiger charge is -2.17. The Hall–Kier alpha value is -1.55. The average Bonchev–Trinajstić information content (AvgIpc) is 2.84. The molecule has 1 aliphatic rings. The van der Waals surface area contributed by atoms with Crippen LogP contribution < -0.4 is 15.4 Å². The highest BCUT2D eigenvalue weighted by atomic mass is 16.5. The van der Waals surface area contributed by atoms with Gasteiger partial charge in [0.25, 0.3) is 5.91 Å². The van der Waals surface area contributed by atoms with Gasteiger partial charge in [-0.1, -0.05) is 19.1 Å². The van der Waals surface area contributed by atoms with E-state index in [4.69, 9.17) is 4.74 Å². The molecule has 0 saturated heterocycles. The normalized spacial score (nSPS) is 18.4. The molecule has 0 saturated carbocycles. The zero-order chi connectivity index (χ0) is 14.5. The summed E-state index contributed by atoms with van der Waals surface area (Å²) in [6.07, 6.45) is 1.64. The minimum Gasteiger partial charge on any atom is -0.481 e. The van der Waals surface area contributed by atoms with Crippen molar-refractivity contribution in [3.05, 3.63) is 29.3 Å². The summed E-state index contributed by atoms with van der Waals surface area (Å²) in [5.41, 5.74) is 2.56. The van der Waals surface area contributed by atoms with Crippen molar-refractivity contribution in [1.82, 2.24) is 10.6 Å². The second-order valence-corrected chi connectivity index (χ2v) is 5.13. The highest BCUT2D eigenvalue weighted by molar-refractivity contribution is 5.80. The molecule has 110 valence electrons. The molecule has 20 heavy (non-hydrogen) atoms. The number of carbonyl (C=O) groups excluding carboxylic acids is 1. The number of amides is 1. The van der Waals surface area contributed by atoms with Gasteiger partial charge in [-0.25, -0.2) is 0 Å². The Labute approximate surface area is 120 Å². The summed E-state index contributed by atoms with van der Waals surface area (Å²) >= 11 is 0. The van der Waals surface area contributed by atoms with Crippen molar-refractivity contribution in [2.24, 2.45) is 0 Å². The van der Waals surface area contributed by atoms with Crippen LogP contribution in [0.15, 0.2) is 18.2 Å². The van der Waals surface area contributed by atoms with E-state index in [1.54, 1.807) is 6.92 Å². The molecule has 0 spiro atoms. The van der Waals surface area contributed by atoms with Gasteiger partial charge in [-0.05, 0) is 50.4 Å².